The van der Waals surface area contributed by atoms with E-state index in [1.807, 2.05) is 6.92 Å². The van der Waals surface area contributed by atoms with Crippen LogP contribution in [-0.4, -0.2) is 35.0 Å². The molecular formula is C15H22O4. The van der Waals surface area contributed by atoms with Gasteiger partial charge in [-0.15, -0.1) is 0 Å². The van der Waals surface area contributed by atoms with Gasteiger partial charge in [-0.2, -0.15) is 0 Å². The first kappa shape index (κ1) is 14.3. The fourth-order valence-electron chi connectivity index (χ4n) is 3.34. The Morgan fingerprint density at radius 3 is 2.84 bits per heavy atom. The molecule has 1 aliphatic heterocycles. The average Bonchev–Trinajstić information content (AvgIpc) is 2.62. The minimum atomic E-state index is -0.689. The summed E-state index contributed by atoms with van der Waals surface area (Å²) >= 11 is 0. The van der Waals surface area contributed by atoms with Crippen molar-refractivity contribution in [2.45, 2.75) is 45.3 Å². The van der Waals surface area contributed by atoms with Crippen LogP contribution in [0.1, 0.15) is 33.1 Å². The molecule has 2 aliphatic rings. The van der Waals surface area contributed by atoms with Crippen molar-refractivity contribution >= 4 is 5.97 Å². The summed E-state index contributed by atoms with van der Waals surface area (Å²) in [5.74, 6) is -0.486. The number of carbonyl (C=O) groups excluding carboxylic acids is 1. The number of rotatable bonds is 4. The van der Waals surface area contributed by atoms with Crippen LogP contribution in [0.4, 0.5) is 0 Å². The molecule has 4 nitrogen and oxygen atoms in total. The average molecular weight is 266 g/mol. The maximum absolute atomic E-state index is 11.6. The molecule has 2 rings (SSSR count). The first-order chi connectivity index (χ1) is 8.97. The molecule has 1 fully saturated rings. The lowest BCUT2D eigenvalue weighted by Crippen LogP contribution is -2.37. The lowest BCUT2D eigenvalue weighted by Gasteiger charge is -2.35. The highest BCUT2D eigenvalue weighted by atomic mass is 16.6. The Kier molecular flexibility index (Phi) is 4.11. The van der Waals surface area contributed by atoms with Crippen molar-refractivity contribution in [2.75, 3.05) is 6.61 Å². The topological polar surface area (TPSA) is 66.8 Å². The molecule has 106 valence electrons. The van der Waals surface area contributed by atoms with E-state index in [-0.39, 0.29) is 30.5 Å². The molecule has 1 unspecified atom stereocenters. The van der Waals surface area contributed by atoms with Crippen LogP contribution < -0.4 is 0 Å². The normalized spacial score (nSPS) is 32.3. The van der Waals surface area contributed by atoms with Crippen molar-refractivity contribution in [3.05, 3.63) is 23.3 Å². The van der Waals surface area contributed by atoms with Crippen LogP contribution in [0.3, 0.4) is 0 Å². The molecular weight excluding hydrogens is 244 g/mol. The van der Waals surface area contributed by atoms with Crippen LogP contribution >= 0.6 is 0 Å². The molecule has 1 saturated heterocycles. The Hall–Kier alpha value is -1.13. The molecule has 4 heteroatoms. The second kappa shape index (κ2) is 5.47. The van der Waals surface area contributed by atoms with Gasteiger partial charge in [0.15, 0.2) is 0 Å². The number of aliphatic hydroxyl groups is 2. The zero-order valence-electron chi connectivity index (χ0n) is 11.6. The highest BCUT2D eigenvalue weighted by Crippen LogP contribution is 2.43. The van der Waals surface area contributed by atoms with Gasteiger partial charge >= 0.3 is 5.97 Å². The monoisotopic (exact) mass is 266 g/mol. The van der Waals surface area contributed by atoms with Gasteiger partial charge in [0.25, 0.3) is 0 Å². The number of carbonyl (C=O) groups is 1. The lowest BCUT2D eigenvalue weighted by atomic mass is 9.73. The summed E-state index contributed by atoms with van der Waals surface area (Å²) in [6, 6.07) is 0. The zero-order chi connectivity index (χ0) is 14.2. The van der Waals surface area contributed by atoms with Gasteiger partial charge in [0.2, 0.25) is 0 Å². The molecule has 1 aliphatic carbocycles. The molecule has 0 aromatic carbocycles. The van der Waals surface area contributed by atoms with Crippen LogP contribution in [0.25, 0.3) is 0 Å². The van der Waals surface area contributed by atoms with Gasteiger partial charge in [0.05, 0.1) is 12.0 Å². The van der Waals surface area contributed by atoms with Crippen molar-refractivity contribution in [1.82, 2.24) is 0 Å². The SMILES string of the molecule is C=C1C(=O)O[C@@H]2CC(C)=C(C(C)CCCO)[C@H](O)[C@H]12. The maximum atomic E-state index is 11.6. The third kappa shape index (κ3) is 2.47. The second-order valence-corrected chi connectivity index (χ2v) is 5.65. The van der Waals surface area contributed by atoms with Crippen molar-refractivity contribution in [1.29, 1.82) is 0 Å². The minimum Gasteiger partial charge on any atom is -0.458 e. The summed E-state index contributed by atoms with van der Waals surface area (Å²) in [6.45, 7) is 7.95. The van der Waals surface area contributed by atoms with Gasteiger partial charge in [-0.05, 0) is 31.3 Å². The number of esters is 1. The summed E-state index contributed by atoms with van der Waals surface area (Å²) < 4.78 is 5.25. The van der Waals surface area contributed by atoms with Crippen molar-refractivity contribution < 1.29 is 19.7 Å². The van der Waals surface area contributed by atoms with Crippen LogP contribution in [0.5, 0.6) is 0 Å². The molecule has 0 saturated carbocycles. The number of ether oxygens (including phenoxy) is 1. The van der Waals surface area contributed by atoms with Crippen LogP contribution in [0, 0.1) is 11.8 Å². The summed E-state index contributed by atoms with van der Waals surface area (Å²) in [7, 11) is 0. The molecule has 2 N–H and O–H groups in total. The Morgan fingerprint density at radius 2 is 2.21 bits per heavy atom. The molecule has 0 aromatic heterocycles. The molecule has 19 heavy (non-hydrogen) atoms. The van der Waals surface area contributed by atoms with Gasteiger partial charge in [0, 0.05) is 18.6 Å². The predicted molar refractivity (Wildman–Crippen MR) is 71.3 cm³/mol. The first-order valence-corrected chi connectivity index (χ1v) is 6.85. The number of hydrogen-bond donors (Lipinski definition) is 2. The lowest BCUT2D eigenvalue weighted by molar-refractivity contribution is -0.139. The quantitative estimate of drug-likeness (QED) is 0.460. The standard InChI is InChI=1S/C15H22O4/c1-8(5-4-6-16)12-9(2)7-11-13(14(12)17)10(3)15(18)19-11/h8,11,13-14,16-17H,3-7H2,1-2H3/t8?,11-,13-,14+/m1/s1. The van der Waals surface area contributed by atoms with Gasteiger partial charge in [-0.1, -0.05) is 19.1 Å². The van der Waals surface area contributed by atoms with Gasteiger partial charge < -0.3 is 14.9 Å². The fraction of sp³-hybridized carbons (Fsp3) is 0.667. The molecule has 1 heterocycles. The highest BCUT2D eigenvalue weighted by Gasteiger charge is 2.47. The molecule has 0 bridgehead atoms. The molecule has 0 amide bonds. The molecule has 0 aromatic rings. The van der Waals surface area contributed by atoms with Crippen LogP contribution in [0.2, 0.25) is 0 Å². The fourth-order valence-corrected chi connectivity index (χ4v) is 3.34. The largest absolute Gasteiger partial charge is 0.458 e. The molecule has 0 spiro atoms. The Bertz CT molecular complexity index is 424. The van der Waals surface area contributed by atoms with Gasteiger partial charge in [-0.25, -0.2) is 4.79 Å². The van der Waals surface area contributed by atoms with E-state index < -0.39 is 6.10 Å². The smallest absolute Gasteiger partial charge is 0.334 e. The Labute approximate surface area is 113 Å². The van der Waals surface area contributed by atoms with Crippen molar-refractivity contribution in [2.24, 2.45) is 11.8 Å². The summed E-state index contributed by atoms with van der Waals surface area (Å²) in [5, 5.41) is 19.5. The number of hydrogen-bond acceptors (Lipinski definition) is 4. The highest BCUT2D eigenvalue weighted by molar-refractivity contribution is 5.91. The van der Waals surface area contributed by atoms with E-state index >= 15 is 0 Å². The van der Waals surface area contributed by atoms with Gasteiger partial charge in [-0.3, -0.25) is 0 Å². The third-order valence-electron chi connectivity index (χ3n) is 4.31. The van der Waals surface area contributed by atoms with E-state index in [1.165, 1.54) is 0 Å². The van der Waals surface area contributed by atoms with Crippen molar-refractivity contribution in [3.8, 4) is 0 Å². The Morgan fingerprint density at radius 1 is 1.53 bits per heavy atom. The summed E-state index contributed by atoms with van der Waals surface area (Å²) in [5.41, 5.74) is 2.48. The second-order valence-electron chi connectivity index (χ2n) is 5.65. The summed E-state index contributed by atoms with van der Waals surface area (Å²) in [4.78, 5) is 11.6. The number of aliphatic hydroxyl groups excluding tert-OH is 2. The maximum Gasteiger partial charge on any atom is 0.334 e. The van der Waals surface area contributed by atoms with E-state index in [0.29, 0.717) is 12.0 Å². The molecule has 0 radical (unpaired) electrons. The summed E-state index contributed by atoms with van der Waals surface area (Å²) in [6.07, 6.45) is 1.27. The van der Waals surface area contributed by atoms with E-state index in [1.54, 1.807) is 0 Å². The van der Waals surface area contributed by atoms with E-state index in [4.69, 9.17) is 9.84 Å². The van der Waals surface area contributed by atoms with E-state index in [9.17, 15) is 9.90 Å². The van der Waals surface area contributed by atoms with E-state index in [0.717, 1.165) is 24.0 Å². The molecule has 4 atom stereocenters. The van der Waals surface area contributed by atoms with Crippen molar-refractivity contribution in [3.63, 3.8) is 0 Å². The zero-order valence-corrected chi connectivity index (χ0v) is 11.6. The van der Waals surface area contributed by atoms with Crippen LogP contribution in [0.15, 0.2) is 23.3 Å². The predicted octanol–water partition coefficient (Wildman–Crippen LogP) is 1.57. The Balaban J connectivity index is 2.22. The van der Waals surface area contributed by atoms with Crippen LogP contribution in [-0.2, 0) is 9.53 Å². The number of fused-ring (bicyclic) bond motifs is 1. The minimum absolute atomic E-state index is 0.160. The first-order valence-electron chi connectivity index (χ1n) is 6.85. The van der Waals surface area contributed by atoms with Gasteiger partial charge in [0.1, 0.15) is 6.10 Å². The van der Waals surface area contributed by atoms with E-state index in [2.05, 4.69) is 13.5 Å². The third-order valence-corrected chi connectivity index (χ3v) is 4.31.